The number of aryl methyl sites for hydroxylation is 1. The molecule has 1 aromatic carbocycles. The van der Waals surface area contributed by atoms with Gasteiger partial charge in [0.15, 0.2) is 0 Å². The predicted octanol–water partition coefficient (Wildman–Crippen LogP) is 2.07. The van der Waals surface area contributed by atoms with Crippen molar-refractivity contribution in [3.8, 4) is 0 Å². The largest absolute Gasteiger partial charge is 0.331 e. The highest BCUT2D eigenvalue weighted by atomic mass is 16.1. The van der Waals surface area contributed by atoms with Crippen LogP contribution in [0.15, 0.2) is 24.3 Å². The minimum Gasteiger partial charge on any atom is -0.331 e. The summed E-state index contributed by atoms with van der Waals surface area (Å²) in [5, 5.41) is 3.39. The first-order valence-electron chi connectivity index (χ1n) is 7.83. The molecule has 0 amide bonds. The molecule has 2 heterocycles. The van der Waals surface area contributed by atoms with E-state index in [1.807, 2.05) is 25.2 Å². The molecule has 21 heavy (non-hydrogen) atoms. The molecule has 1 unspecified atom stereocenters. The van der Waals surface area contributed by atoms with Crippen molar-refractivity contribution in [3.05, 3.63) is 30.1 Å². The van der Waals surface area contributed by atoms with Crippen LogP contribution < -0.4 is 5.32 Å². The van der Waals surface area contributed by atoms with Crippen LogP contribution in [0.2, 0.25) is 0 Å². The van der Waals surface area contributed by atoms with Crippen molar-refractivity contribution in [3.63, 3.8) is 0 Å². The molecule has 110 valence electrons. The summed E-state index contributed by atoms with van der Waals surface area (Å²) in [4.78, 5) is 17.2. The summed E-state index contributed by atoms with van der Waals surface area (Å²) >= 11 is 0. The number of ketones is 1. The van der Waals surface area contributed by atoms with Gasteiger partial charge in [-0.2, -0.15) is 0 Å². The monoisotopic (exact) mass is 283 g/mol. The zero-order chi connectivity index (χ0) is 14.4. The summed E-state index contributed by atoms with van der Waals surface area (Å²) in [6, 6.07) is 8.07. The number of para-hydroxylation sites is 2. The molecule has 4 nitrogen and oxygen atoms in total. The van der Waals surface area contributed by atoms with Crippen molar-refractivity contribution in [1.82, 2.24) is 14.9 Å². The first kappa shape index (κ1) is 13.0. The maximum atomic E-state index is 12.6. The van der Waals surface area contributed by atoms with Crippen LogP contribution in [0.3, 0.4) is 0 Å². The zero-order valence-corrected chi connectivity index (χ0v) is 12.4. The van der Waals surface area contributed by atoms with Crippen LogP contribution in [0.4, 0.5) is 0 Å². The van der Waals surface area contributed by atoms with Gasteiger partial charge in [0.1, 0.15) is 11.6 Å². The van der Waals surface area contributed by atoms with E-state index in [4.69, 9.17) is 0 Å². The number of hydrogen-bond donors (Lipinski definition) is 1. The van der Waals surface area contributed by atoms with Crippen molar-refractivity contribution < 1.29 is 4.79 Å². The van der Waals surface area contributed by atoms with E-state index in [1.54, 1.807) is 0 Å². The predicted molar refractivity (Wildman–Crippen MR) is 82.1 cm³/mol. The first-order chi connectivity index (χ1) is 10.2. The summed E-state index contributed by atoms with van der Waals surface area (Å²) in [6.07, 6.45) is 3.89. The average molecular weight is 283 g/mol. The Hall–Kier alpha value is -1.68. The summed E-state index contributed by atoms with van der Waals surface area (Å²) in [5.74, 6) is 1.56. The van der Waals surface area contributed by atoms with Crippen LogP contribution in [-0.4, -0.2) is 28.4 Å². The number of nitrogens with one attached hydrogen (secondary N) is 1. The second-order valence-corrected chi connectivity index (χ2v) is 6.59. The van der Waals surface area contributed by atoms with Crippen LogP contribution in [-0.2, 0) is 18.3 Å². The second-order valence-electron chi connectivity index (χ2n) is 6.59. The topological polar surface area (TPSA) is 46.9 Å². The molecule has 1 aliphatic carbocycles. The van der Waals surface area contributed by atoms with E-state index in [9.17, 15) is 4.79 Å². The van der Waals surface area contributed by atoms with E-state index in [0.29, 0.717) is 17.6 Å². The Bertz CT molecular complexity index is 697. The Kier molecular flexibility index (Phi) is 2.89. The van der Waals surface area contributed by atoms with Gasteiger partial charge in [0.25, 0.3) is 0 Å². The van der Waals surface area contributed by atoms with Crippen LogP contribution in [0.25, 0.3) is 11.0 Å². The van der Waals surface area contributed by atoms with Crippen LogP contribution in [0.1, 0.15) is 25.1 Å². The molecule has 0 radical (unpaired) electrons. The van der Waals surface area contributed by atoms with Gasteiger partial charge in [-0.3, -0.25) is 4.79 Å². The van der Waals surface area contributed by atoms with Gasteiger partial charge in [0, 0.05) is 13.0 Å². The summed E-state index contributed by atoms with van der Waals surface area (Å²) in [5.41, 5.74) is 2.41. The molecular weight excluding hydrogens is 262 g/mol. The van der Waals surface area contributed by atoms with E-state index >= 15 is 0 Å². The number of hydrogen-bond acceptors (Lipinski definition) is 3. The van der Waals surface area contributed by atoms with E-state index in [-0.39, 0.29) is 5.92 Å². The lowest BCUT2D eigenvalue weighted by Crippen LogP contribution is -2.31. The van der Waals surface area contributed by atoms with Gasteiger partial charge < -0.3 is 9.88 Å². The number of Topliss-reactive ketones (excluding diaryl/α,β-unsaturated/α-hetero) is 1. The minimum atomic E-state index is 0.277. The molecule has 2 aromatic rings. The lowest BCUT2D eigenvalue weighted by molar-refractivity contribution is -0.120. The van der Waals surface area contributed by atoms with Gasteiger partial charge in [-0.25, -0.2) is 4.98 Å². The Labute approximate surface area is 124 Å². The van der Waals surface area contributed by atoms with Gasteiger partial charge >= 0.3 is 0 Å². The van der Waals surface area contributed by atoms with Gasteiger partial charge in [0.05, 0.1) is 17.5 Å². The smallest absolute Gasteiger partial charge is 0.144 e. The number of carbonyl (C=O) groups is 1. The van der Waals surface area contributed by atoms with E-state index < -0.39 is 0 Å². The van der Waals surface area contributed by atoms with Crippen molar-refractivity contribution in [2.24, 2.45) is 18.4 Å². The summed E-state index contributed by atoms with van der Waals surface area (Å²) in [7, 11) is 2.01. The number of carbonyl (C=O) groups excluding carboxylic acids is 1. The normalized spacial score (nSPS) is 23.6. The fourth-order valence-corrected chi connectivity index (χ4v) is 3.91. The lowest BCUT2D eigenvalue weighted by atomic mass is 9.90. The van der Waals surface area contributed by atoms with Gasteiger partial charge in [-0.1, -0.05) is 12.1 Å². The van der Waals surface area contributed by atoms with Gasteiger partial charge in [0.2, 0.25) is 0 Å². The van der Waals surface area contributed by atoms with Gasteiger partial charge in [-0.15, -0.1) is 0 Å². The molecule has 1 spiro atoms. The molecule has 2 fully saturated rings. The summed E-state index contributed by atoms with van der Waals surface area (Å²) < 4.78 is 2.06. The third-order valence-corrected chi connectivity index (χ3v) is 5.39. The maximum Gasteiger partial charge on any atom is 0.144 e. The molecule has 1 saturated carbocycles. The van der Waals surface area contributed by atoms with E-state index in [2.05, 4.69) is 20.9 Å². The molecular formula is C17H21N3O. The third kappa shape index (κ3) is 2.09. The molecule has 1 N–H and O–H groups in total. The zero-order valence-electron chi connectivity index (χ0n) is 12.4. The standard InChI is InChI=1S/C17H21N3O/c1-20-14-5-3-2-4-13(14)19-16(20)10-15(21)12-11-17(12)6-8-18-9-7-17/h2-5,12,18H,6-11H2,1H3. The third-order valence-electron chi connectivity index (χ3n) is 5.39. The van der Waals surface area contributed by atoms with Crippen molar-refractivity contribution >= 4 is 16.8 Å². The molecule has 4 rings (SSSR count). The van der Waals surface area contributed by atoms with Crippen LogP contribution in [0, 0.1) is 11.3 Å². The maximum absolute atomic E-state index is 12.6. The molecule has 2 aliphatic rings. The lowest BCUT2D eigenvalue weighted by Gasteiger charge is -2.23. The van der Waals surface area contributed by atoms with E-state index in [1.165, 1.54) is 0 Å². The number of fused-ring (bicyclic) bond motifs is 1. The highest BCUT2D eigenvalue weighted by Gasteiger charge is 2.57. The molecule has 1 aromatic heterocycles. The Morgan fingerprint density at radius 1 is 1.38 bits per heavy atom. The van der Waals surface area contributed by atoms with Crippen molar-refractivity contribution in [2.45, 2.75) is 25.7 Å². The number of benzene rings is 1. The van der Waals surface area contributed by atoms with Crippen molar-refractivity contribution in [2.75, 3.05) is 13.1 Å². The second kappa shape index (κ2) is 4.67. The van der Waals surface area contributed by atoms with Crippen molar-refractivity contribution in [1.29, 1.82) is 0 Å². The molecule has 0 bridgehead atoms. The molecule has 1 aliphatic heterocycles. The number of rotatable bonds is 3. The Morgan fingerprint density at radius 2 is 2.14 bits per heavy atom. The highest BCUT2D eigenvalue weighted by molar-refractivity contribution is 5.87. The molecule has 4 heteroatoms. The van der Waals surface area contributed by atoms with Gasteiger partial charge in [-0.05, 0) is 49.9 Å². The molecule has 1 saturated heterocycles. The quantitative estimate of drug-likeness (QED) is 0.938. The summed E-state index contributed by atoms with van der Waals surface area (Å²) in [6.45, 7) is 2.13. The fourth-order valence-electron chi connectivity index (χ4n) is 3.91. The van der Waals surface area contributed by atoms with Crippen LogP contribution in [0.5, 0.6) is 0 Å². The minimum absolute atomic E-state index is 0.277. The average Bonchev–Trinajstić information content (AvgIpc) is 3.10. The number of aromatic nitrogens is 2. The highest BCUT2D eigenvalue weighted by Crippen LogP contribution is 2.59. The Morgan fingerprint density at radius 3 is 2.90 bits per heavy atom. The Balaban J connectivity index is 1.53. The SMILES string of the molecule is Cn1c(CC(=O)C2CC23CCNCC3)nc2ccccc21. The number of nitrogens with zero attached hydrogens (tertiary/aromatic N) is 2. The fraction of sp³-hybridized carbons (Fsp3) is 0.529. The first-order valence-corrected chi connectivity index (χ1v) is 7.83. The number of piperidine rings is 1. The number of imidazole rings is 1. The van der Waals surface area contributed by atoms with Crippen LogP contribution >= 0.6 is 0 Å². The molecule has 1 atom stereocenters. The van der Waals surface area contributed by atoms with E-state index in [0.717, 1.165) is 49.2 Å².